The number of carbonyl (C=O) groups excluding carboxylic acids is 13. The molecule has 0 aliphatic carbocycles. The third kappa shape index (κ3) is 32.7. The number of carbonyl (C=O) groups is 14. The number of thiophene rings is 7. The smallest absolute Gasteiger partial charge is 0.309 e. The van der Waals surface area contributed by atoms with Crippen molar-refractivity contribution in [3.63, 3.8) is 0 Å². The Balaban J connectivity index is 0.000000202. The number of fused-ring (bicyclic) bond motifs is 7. The van der Waals surface area contributed by atoms with Gasteiger partial charge in [0.2, 0.25) is 0 Å². The highest BCUT2D eigenvalue weighted by Crippen LogP contribution is 2.44. The number of ether oxygens (including phenoxy) is 9. The third-order valence-corrected chi connectivity index (χ3v) is 31.6. The van der Waals surface area contributed by atoms with E-state index in [0.717, 1.165) is 114 Å². The molecule has 0 radical (unpaired) electrons. The van der Waals surface area contributed by atoms with E-state index in [1.54, 1.807) is 113 Å². The van der Waals surface area contributed by atoms with E-state index in [-0.39, 0.29) is 139 Å². The van der Waals surface area contributed by atoms with Crippen LogP contribution in [0.2, 0.25) is 10.0 Å². The minimum atomic E-state index is -1.04. The monoisotopic (exact) mass is 2220 g/mol. The van der Waals surface area contributed by atoms with Gasteiger partial charge in [0.05, 0.1) is 128 Å². The number of rotatable bonds is 40. The zero-order chi connectivity index (χ0) is 104. The predicted octanol–water partition coefficient (Wildman–Crippen LogP) is 27.6. The maximum absolute atomic E-state index is 12.3. The molecule has 7 aromatic heterocycles. The Labute approximate surface area is 870 Å². The molecule has 0 saturated heterocycles. The van der Waals surface area contributed by atoms with Crippen LogP contribution >= 0.6 is 134 Å². The fourth-order valence-electron chi connectivity index (χ4n) is 13.4. The van der Waals surface area contributed by atoms with Crippen LogP contribution in [0.15, 0.2) is 143 Å². The van der Waals surface area contributed by atoms with Crippen LogP contribution in [0.3, 0.4) is 0 Å². The lowest BCUT2D eigenvalue weighted by atomic mass is 10.0. The number of hydrogen-bond donors (Lipinski definition) is 2. The molecule has 3 atom stereocenters. The first kappa shape index (κ1) is 115. The quantitative estimate of drug-likeness (QED) is 0.0337. The molecular formula is C105H107Br2Cl2NO24S7. The van der Waals surface area contributed by atoms with Gasteiger partial charge in [-0.3, -0.25) is 47.9 Å². The number of Topliss-reactive ketones (excluding diaryl/α,β-unsaturated/α-hetero) is 13. The van der Waals surface area contributed by atoms with E-state index in [4.69, 9.17) is 70.9 Å². The molecule has 0 aliphatic heterocycles. The number of halogens is 4. The van der Waals surface area contributed by atoms with Gasteiger partial charge < -0.3 is 72.2 Å². The minimum Gasteiger partial charge on any atom is -0.496 e. The van der Waals surface area contributed by atoms with Crippen LogP contribution in [0.4, 0.5) is 5.69 Å². The van der Waals surface area contributed by atoms with Gasteiger partial charge in [0, 0.05) is 153 Å². The lowest BCUT2D eigenvalue weighted by Gasteiger charge is -2.09. The van der Waals surface area contributed by atoms with Crippen molar-refractivity contribution in [3.05, 3.63) is 193 Å². The topological polar surface area (TPSA) is 354 Å². The Morgan fingerprint density at radius 2 is 0.596 bits per heavy atom. The fourth-order valence-corrected chi connectivity index (χ4v) is 22.2. The van der Waals surface area contributed by atoms with E-state index >= 15 is 0 Å². The van der Waals surface area contributed by atoms with E-state index in [1.165, 1.54) is 128 Å². The van der Waals surface area contributed by atoms with Gasteiger partial charge in [0.1, 0.15) is 57.7 Å². The Morgan fingerprint density at radius 3 is 0.922 bits per heavy atom. The highest BCUT2D eigenvalue weighted by molar-refractivity contribution is 9.11. The summed E-state index contributed by atoms with van der Waals surface area (Å²) in [6.45, 7) is 16.3. The molecule has 0 bridgehead atoms. The first-order valence-corrected chi connectivity index (χ1v) is 51.7. The average Bonchev–Trinajstić information content (AvgIpc) is 1.69. The summed E-state index contributed by atoms with van der Waals surface area (Å²) >= 11 is 28.6. The summed E-state index contributed by atoms with van der Waals surface area (Å²) in [6.07, 6.45) is 4.44. The number of aliphatic carboxylic acids is 1. The SMILES string of the molecule is C=Cc1cc2cc(C(=O)CCC(C)=O)sc2cc1OC.CC(=O)[C@@H](C)CC(=O)c1cc2cc(Cl)c(Cl)cc2s1.CNc1cc2cc(C(=O)CCC(C)=O)sc2cc1OC.COCC(CC(=O)c1cc2cc(OC)c(OC)cc2s1)C(=O)O.COc1cc2cc(C(=O)CCC(C)=O)sc2cc1Br.COc1cc2cc(C(=O)C[C@H](C)C(C)=O)sc2cc1OC.COc1cc2sc(C(=O)CCC(C)=O)cc2cc1Br. The lowest BCUT2D eigenvalue weighted by molar-refractivity contribution is -0.143. The molecule has 14 aromatic rings. The van der Waals surface area contributed by atoms with Gasteiger partial charge in [-0.25, -0.2) is 0 Å². The predicted molar refractivity (Wildman–Crippen MR) is 577 cm³/mol. The van der Waals surface area contributed by atoms with Gasteiger partial charge in [-0.15, -0.1) is 79.4 Å². The van der Waals surface area contributed by atoms with Crippen molar-refractivity contribution in [1.29, 1.82) is 0 Å². The number of nitrogens with one attached hydrogen (secondary N) is 1. The van der Waals surface area contributed by atoms with Crippen LogP contribution in [0, 0.1) is 17.8 Å². The third-order valence-electron chi connectivity index (χ3n) is 21.6. The average molecular weight is 2220 g/mol. The molecule has 1 unspecified atom stereocenters. The summed E-state index contributed by atoms with van der Waals surface area (Å²) < 4.78 is 55.5. The highest BCUT2D eigenvalue weighted by atomic mass is 79.9. The van der Waals surface area contributed by atoms with E-state index in [1.807, 2.05) is 98.0 Å². The van der Waals surface area contributed by atoms with Gasteiger partial charge >= 0.3 is 5.97 Å². The van der Waals surface area contributed by atoms with Crippen LogP contribution in [0.1, 0.15) is 199 Å². The molecule has 7 aromatic carbocycles. The second-order valence-corrected chi connectivity index (χ2v) is 42.3. The summed E-state index contributed by atoms with van der Waals surface area (Å²) in [4.78, 5) is 167. The summed E-state index contributed by atoms with van der Waals surface area (Å²) in [7, 11) is 15.9. The van der Waals surface area contributed by atoms with Gasteiger partial charge in [-0.05, 0) is 220 Å². The van der Waals surface area contributed by atoms with E-state index in [9.17, 15) is 67.1 Å². The van der Waals surface area contributed by atoms with E-state index in [0.29, 0.717) is 92.9 Å². The van der Waals surface area contributed by atoms with Crippen molar-refractivity contribution >= 4 is 298 Å². The number of ketones is 13. The van der Waals surface area contributed by atoms with Crippen molar-refractivity contribution in [2.24, 2.45) is 17.8 Å². The Hall–Kier alpha value is -11.1. The number of carboxylic acids is 1. The Bertz CT molecular complexity index is 6750. The van der Waals surface area contributed by atoms with Crippen LogP contribution in [0.25, 0.3) is 76.7 Å². The molecule has 14 rings (SSSR count). The molecule has 7 heterocycles. The van der Waals surface area contributed by atoms with Crippen molar-refractivity contribution in [2.45, 2.75) is 126 Å². The zero-order valence-corrected chi connectivity index (χ0v) is 91.2. The summed E-state index contributed by atoms with van der Waals surface area (Å²) in [6, 6.07) is 39.2. The van der Waals surface area contributed by atoms with Crippen LogP contribution < -0.4 is 43.2 Å². The molecular weight excluding hydrogens is 2110 g/mol. The van der Waals surface area contributed by atoms with E-state index < -0.39 is 11.9 Å². The fraction of sp³-hybridized carbons (Fsp3) is 0.314. The molecule has 0 amide bonds. The second-order valence-electron chi connectivity index (χ2n) is 32.2. The largest absolute Gasteiger partial charge is 0.496 e. The lowest BCUT2D eigenvalue weighted by Crippen LogP contribution is -2.22. The molecule has 0 fully saturated rings. The first-order chi connectivity index (χ1) is 66.9. The number of methoxy groups -OCH3 is 9. The van der Waals surface area contributed by atoms with Gasteiger partial charge in [-0.2, -0.15) is 0 Å². The van der Waals surface area contributed by atoms with E-state index in [2.05, 4.69) is 43.8 Å². The number of anilines is 1. The zero-order valence-electron chi connectivity index (χ0n) is 80.8. The first-order valence-electron chi connectivity index (χ1n) is 43.7. The van der Waals surface area contributed by atoms with Crippen molar-refractivity contribution in [1.82, 2.24) is 0 Å². The van der Waals surface area contributed by atoms with Crippen molar-refractivity contribution in [3.8, 4) is 46.0 Å². The second kappa shape index (κ2) is 54.9. The summed E-state index contributed by atoms with van der Waals surface area (Å²) in [5.74, 6) is 3.13. The number of hydrogen-bond acceptors (Lipinski definition) is 31. The molecule has 0 saturated carbocycles. The van der Waals surface area contributed by atoms with Crippen molar-refractivity contribution in [2.75, 3.05) is 83.0 Å². The molecule has 25 nitrogen and oxygen atoms in total. The molecule has 36 heteroatoms. The van der Waals surface area contributed by atoms with Crippen LogP contribution in [0.5, 0.6) is 46.0 Å². The molecule has 2 N–H and O–H groups in total. The molecule has 141 heavy (non-hydrogen) atoms. The molecule has 0 spiro atoms. The number of carboxylic acid groups (broad SMARTS) is 1. The Morgan fingerprint density at radius 1 is 0.333 bits per heavy atom. The Kier molecular flexibility index (Phi) is 44.9. The normalized spacial score (nSPS) is 11.4. The minimum absolute atomic E-state index is 0.00293. The molecule has 746 valence electrons. The standard InChI is InChI=1S/C16H18O6S.C16H18O4S.C16H16O3S.C15H17NO3S.2C14H13BrO3S.C14H12Cl2O2S/c1-20-8-10(16(18)19)4-11(17)15-6-9-5-12(21-2)13(22-3)7-14(9)23-15;1-9(10(2)17)5-12(18)16-7-11-6-13(19-3)14(20-4)8-15(11)21-16;1-4-11-7-12-8-16(13(18)6-5-10(2)17)20-15(12)9-14(11)19-3;1-9(17)4-5-12(18)15-7-10-6-11(16-2)13(19-3)8-14(10)20-15;1-8(16)3-4-11(17)14-6-9-5-12(18-2)10(15)7-13(9)19-14;1-8(16)3-4-11(17)14-6-9-5-10(15)12(18-2)7-13(9)19-14;1-7(8(2)17)3-12(18)14-5-9-4-10(15)11(16)6-13(9)19-14/h5-7,10H,4,8H2,1-3H3,(H,18,19);6-9H,5H2,1-4H3;4,7-9H,1,5-6H2,2-3H3;6-8,16H,4-5H2,1-3H3;2*5-7H,3-4H2,1-2H3;4-7H,3H2,1-2H3/t;9-;;;;;7-/m.0....0/s1. The van der Waals surface area contributed by atoms with Gasteiger partial charge in [0.15, 0.2) is 63.5 Å². The van der Waals surface area contributed by atoms with Gasteiger partial charge in [0.25, 0.3) is 0 Å². The van der Waals surface area contributed by atoms with Crippen LogP contribution in [-0.4, -0.2) is 164 Å². The highest BCUT2D eigenvalue weighted by Gasteiger charge is 2.27. The number of benzene rings is 7. The van der Waals surface area contributed by atoms with Gasteiger partial charge in [-0.1, -0.05) is 49.7 Å². The summed E-state index contributed by atoms with van der Waals surface area (Å²) in [5.41, 5.74) is 1.79. The van der Waals surface area contributed by atoms with Crippen molar-refractivity contribution < 1.29 is 115 Å². The summed E-state index contributed by atoms with van der Waals surface area (Å²) in [5, 5.41) is 19.8. The molecule has 0 aliphatic rings. The maximum atomic E-state index is 12.3. The van der Waals surface area contributed by atoms with Crippen LogP contribution in [-0.2, 0) is 38.3 Å². The maximum Gasteiger partial charge on any atom is 0.309 e.